The number of carbonyl (C=O) groups excluding carboxylic acids is 1. The summed E-state index contributed by atoms with van der Waals surface area (Å²) in [4.78, 5) is 23.7. The number of carboxylic acid groups (broad SMARTS) is 2. The molecule has 1 rings (SSSR count). The molecule has 1 unspecified atom stereocenters. The summed E-state index contributed by atoms with van der Waals surface area (Å²) in [6.45, 7) is 4.06. The van der Waals surface area contributed by atoms with Crippen LogP contribution in [0, 0.1) is 0 Å². The Hall–Kier alpha value is -0.590. The first-order valence-corrected chi connectivity index (χ1v) is 9.65. The second-order valence-corrected chi connectivity index (χ2v) is 6.67. The Morgan fingerprint density at radius 1 is 1.08 bits per heavy atom. The van der Waals surface area contributed by atoms with Gasteiger partial charge in [0.15, 0.2) is 0 Å². The van der Waals surface area contributed by atoms with Gasteiger partial charge in [0.25, 0.3) is 5.97 Å². The maximum absolute atomic E-state index is 10.5. The van der Waals surface area contributed by atoms with Gasteiger partial charge >= 0.3 is 29.6 Å². The van der Waals surface area contributed by atoms with Crippen LogP contribution >= 0.6 is 0 Å². The first-order valence-electron chi connectivity index (χ1n) is 9.65. The molecule has 0 aromatic rings. The van der Waals surface area contributed by atoms with E-state index in [1.807, 2.05) is 0 Å². The Morgan fingerprint density at radius 3 is 2.00 bits per heavy atom. The molecule has 0 bridgehead atoms. The predicted molar refractivity (Wildman–Crippen MR) is 98.6 cm³/mol. The van der Waals surface area contributed by atoms with Gasteiger partial charge in [0.05, 0.1) is 6.54 Å². The first kappa shape index (κ1) is 27.6. The van der Waals surface area contributed by atoms with E-state index in [0.717, 1.165) is 19.9 Å². The van der Waals surface area contributed by atoms with Gasteiger partial charge in [0.2, 0.25) is 0 Å². The van der Waals surface area contributed by atoms with Gasteiger partial charge in [0, 0.05) is 25.4 Å². The molecule has 6 nitrogen and oxygen atoms in total. The van der Waals surface area contributed by atoms with E-state index >= 15 is 0 Å². The Bertz CT molecular complexity index is 399. The van der Waals surface area contributed by atoms with Crippen LogP contribution in [0.25, 0.3) is 0 Å². The van der Waals surface area contributed by atoms with Crippen LogP contribution in [0.1, 0.15) is 90.9 Å². The van der Waals surface area contributed by atoms with Gasteiger partial charge in [-0.05, 0) is 6.42 Å². The average molecular weight is 378 g/mol. The van der Waals surface area contributed by atoms with Gasteiger partial charge in [-0.1, -0.05) is 71.1 Å². The molecule has 1 aliphatic heterocycles. The smallest absolute Gasteiger partial charge is 0.550 e. The summed E-state index contributed by atoms with van der Waals surface area (Å²) in [5, 5.41) is 21.1. The summed E-state index contributed by atoms with van der Waals surface area (Å²) >= 11 is 0. The maximum Gasteiger partial charge on any atom is 1.00 e. The van der Waals surface area contributed by atoms with Gasteiger partial charge in [-0.3, -0.25) is 9.79 Å². The van der Waals surface area contributed by atoms with Crippen LogP contribution in [0.15, 0.2) is 4.99 Å². The van der Waals surface area contributed by atoms with Gasteiger partial charge in [-0.25, -0.2) is 0 Å². The minimum atomic E-state index is -1.05. The zero-order valence-corrected chi connectivity index (χ0v) is 18.9. The van der Waals surface area contributed by atoms with Crippen molar-refractivity contribution in [1.29, 1.82) is 0 Å². The van der Waals surface area contributed by atoms with Crippen molar-refractivity contribution in [2.75, 3.05) is 6.54 Å². The van der Waals surface area contributed by atoms with Crippen molar-refractivity contribution in [1.82, 2.24) is 5.32 Å². The van der Waals surface area contributed by atoms with Crippen molar-refractivity contribution in [3.63, 3.8) is 0 Å². The fraction of sp³-hybridized carbons (Fsp3) is 0.842. The van der Waals surface area contributed by atoms with Gasteiger partial charge < -0.3 is 20.3 Å². The van der Waals surface area contributed by atoms with E-state index in [2.05, 4.69) is 17.2 Å². The van der Waals surface area contributed by atoms with Gasteiger partial charge in [-0.15, -0.1) is 0 Å². The van der Waals surface area contributed by atoms with Crippen molar-refractivity contribution >= 4 is 17.8 Å². The molecule has 2 N–H and O–H groups in total. The van der Waals surface area contributed by atoms with E-state index < -0.39 is 11.9 Å². The normalized spacial score (nSPS) is 15.2. The maximum atomic E-state index is 10.5. The topological polar surface area (TPSA) is 102 Å². The third-order valence-electron chi connectivity index (χ3n) is 4.09. The quantitative estimate of drug-likeness (QED) is 0.344. The van der Waals surface area contributed by atoms with Crippen LogP contribution in [0.4, 0.5) is 0 Å². The second kappa shape index (κ2) is 19.2. The number of aliphatic imine (C=N–C) groups is 1. The molecule has 0 aromatic heterocycles. The molecule has 146 valence electrons. The second-order valence-electron chi connectivity index (χ2n) is 6.67. The van der Waals surface area contributed by atoms with Crippen molar-refractivity contribution in [3.8, 4) is 0 Å². The Labute approximate surface area is 180 Å². The monoisotopic (exact) mass is 378 g/mol. The number of carboxylic acids is 2. The van der Waals surface area contributed by atoms with E-state index in [1.165, 1.54) is 64.2 Å². The standard InChI is InChI=1S/C17H32N2O2.C2H4O2.Na/c1-2-3-4-5-6-7-8-9-10-11-12-15-14-18-16(19-15)13-17(20)21;1-2(3)4;/h15H,2-14H2,1H3,(H,18,19)(H,20,21);1H3,(H,3,4);/q;;+1/p-1. The molecule has 0 saturated carbocycles. The molecule has 1 atom stereocenters. The third-order valence-corrected chi connectivity index (χ3v) is 4.09. The molecule has 0 aromatic carbocycles. The summed E-state index contributed by atoms with van der Waals surface area (Å²) in [5.41, 5.74) is 0. The van der Waals surface area contributed by atoms with Crippen LogP contribution in [0.5, 0.6) is 0 Å². The molecular formula is C19H35N2NaO4. The number of hydrogen-bond donors (Lipinski definition) is 2. The van der Waals surface area contributed by atoms with E-state index in [-0.39, 0.29) is 36.0 Å². The Balaban J connectivity index is 0. The number of nitrogens with one attached hydrogen (secondary N) is 1. The molecule has 26 heavy (non-hydrogen) atoms. The summed E-state index contributed by atoms with van der Waals surface area (Å²) in [7, 11) is 0. The van der Waals surface area contributed by atoms with E-state index in [9.17, 15) is 9.90 Å². The van der Waals surface area contributed by atoms with Crippen molar-refractivity contribution in [3.05, 3.63) is 0 Å². The number of aliphatic carboxylic acids is 2. The molecule has 1 heterocycles. The van der Waals surface area contributed by atoms with Crippen molar-refractivity contribution < 1.29 is 49.4 Å². The molecule has 0 amide bonds. The van der Waals surface area contributed by atoms with Crippen LogP contribution < -0.4 is 40.0 Å². The van der Waals surface area contributed by atoms with E-state index in [1.54, 1.807) is 0 Å². The molecule has 0 aliphatic carbocycles. The molecule has 0 radical (unpaired) electrons. The SMILES string of the molecule is CC(=O)O.CCCCCCCCCCCCC1CN=C(CC(=O)[O-])N1.[Na+]. The van der Waals surface area contributed by atoms with Crippen LogP contribution in [0.2, 0.25) is 0 Å². The number of nitrogens with zero attached hydrogens (tertiary/aromatic N) is 1. The average Bonchev–Trinajstić information content (AvgIpc) is 2.95. The Kier molecular flexibility index (Phi) is 20.4. The van der Waals surface area contributed by atoms with Crippen LogP contribution in [-0.4, -0.2) is 35.5 Å². The number of hydrogen-bond acceptors (Lipinski definition) is 5. The fourth-order valence-electron chi connectivity index (χ4n) is 2.83. The number of carbonyl (C=O) groups is 2. The van der Waals surface area contributed by atoms with Gasteiger partial charge in [0.1, 0.15) is 5.84 Å². The van der Waals surface area contributed by atoms with Gasteiger partial charge in [-0.2, -0.15) is 0 Å². The number of unbranched alkanes of at least 4 members (excludes halogenated alkanes) is 9. The van der Waals surface area contributed by atoms with Crippen molar-refractivity contribution in [2.45, 2.75) is 96.9 Å². The first-order chi connectivity index (χ1) is 12.0. The van der Waals surface area contributed by atoms with Crippen molar-refractivity contribution in [2.24, 2.45) is 4.99 Å². The minimum Gasteiger partial charge on any atom is -0.550 e. The molecule has 0 saturated heterocycles. The van der Waals surface area contributed by atoms with E-state index in [4.69, 9.17) is 9.90 Å². The zero-order valence-electron chi connectivity index (χ0n) is 16.9. The van der Waals surface area contributed by atoms with Crippen LogP contribution in [0.3, 0.4) is 0 Å². The largest absolute Gasteiger partial charge is 1.00 e. The number of rotatable bonds is 13. The zero-order chi connectivity index (χ0) is 18.9. The van der Waals surface area contributed by atoms with Crippen LogP contribution in [-0.2, 0) is 9.59 Å². The molecule has 0 spiro atoms. The fourth-order valence-corrected chi connectivity index (χ4v) is 2.83. The minimum absolute atomic E-state index is 0. The molecule has 1 aliphatic rings. The summed E-state index contributed by atoms with van der Waals surface area (Å²) in [5.74, 6) is -1.30. The number of amidine groups is 1. The molecule has 0 fully saturated rings. The summed E-state index contributed by atoms with van der Waals surface area (Å²) in [6.07, 6.45) is 14.5. The molecular weight excluding hydrogens is 343 g/mol. The summed E-state index contributed by atoms with van der Waals surface area (Å²) < 4.78 is 0. The third kappa shape index (κ3) is 19.7. The molecule has 7 heteroatoms. The Morgan fingerprint density at radius 2 is 1.54 bits per heavy atom. The predicted octanol–water partition coefficient (Wildman–Crippen LogP) is -0.0974. The summed E-state index contributed by atoms with van der Waals surface area (Å²) in [6, 6.07) is 0.341. The van der Waals surface area contributed by atoms with E-state index in [0.29, 0.717) is 11.9 Å².